The molecule has 0 aliphatic rings. The van der Waals surface area contributed by atoms with Crippen molar-refractivity contribution in [2.24, 2.45) is 5.92 Å². The van der Waals surface area contributed by atoms with Gasteiger partial charge in [0.1, 0.15) is 0 Å². The van der Waals surface area contributed by atoms with Gasteiger partial charge >= 0.3 is 0 Å². The van der Waals surface area contributed by atoms with Crippen molar-refractivity contribution >= 4 is 24.5 Å². The molecule has 2 atom stereocenters. The van der Waals surface area contributed by atoms with Gasteiger partial charge in [0.2, 0.25) is 0 Å². The van der Waals surface area contributed by atoms with Crippen LogP contribution < -0.4 is 10.4 Å². The van der Waals surface area contributed by atoms with Crippen LogP contribution in [0.5, 0.6) is 0 Å². The summed E-state index contributed by atoms with van der Waals surface area (Å²) in [7, 11) is -2.56. The van der Waals surface area contributed by atoms with Crippen LogP contribution in [-0.4, -0.2) is 26.8 Å². The molecule has 0 aromatic heterocycles. The Kier molecular flexibility index (Phi) is 12.1. The van der Waals surface area contributed by atoms with E-state index in [4.69, 9.17) is 14.4 Å². The highest BCUT2D eigenvalue weighted by Crippen LogP contribution is 2.36. The Bertz CT molecular complexity index is 1190. The summed E-state index contributed by atoms with van der Waals surface area (Å²) >= 11 is 0. The second-order valence-electron chi connectivity index (χ2n) is 11.4. The first-order valence-corrected chi connectivity index (χ1v) is 16.2. The monoisotopic (exact) mass is 553 g/mol. The zero-order chi connectivity index (χ0) is 28.8. The summed E-state index contributed by atoms with van der Waals surface area (Å²) in [6.07, 6.45) is 5.56. The van der Waals surface area contributed by atoms with Crippen LogP contribution >= 0.6 is 0 Å². The van der Waals surface area contributed by atoms with E-state index in [1.165, 1.54) is 10.4 Å². The third-order valence-electron chi connectivity index (χ3n) is 7.28. The van der Waals surface area contributed by atoms with Crippen LogP contribution in [0.1, 0.15) is 58.9 Å². The number of nitrogens with zero attached hydrogens (tertiary/aromatic N) is 1. The maximum Gasteiger partial charge on any atom is 0.261 e. The van der Waals surface area contributed by atoms with Gasteiger partial charge in [-0.05, 0) is 45.8 Å². The second kappa shape index (κ2) is 15.5. The maximum absolute atomic E-state index is 12.7. The van der Waals surface area contributed by atoms with E-state index in [2.05, 4.69) is 75.4 Å². The second-order valence-corrected chi connectivity index (χ2v) is 15.7. The molecule has 3 rings (SSSR count). The van der Waals surface area contributed by atoms with Crippen LogP contribution in [-0.2, 0) is 20.6 Å². The van der Waals surface area contributed by atoms with Crippen molar-refractivity contribution in [3.63, 3.8) is 0 Å². The van der Waals surface area contributed by atoms with Gasteiger partial charge in [-0.2, -0.15) is 5.26 Å². The Morgan fingerprint density at radius 1 is 0.900 bits per heavy atom. The quantitative estimate of drug-likeness (QED) is 0.116. The molecule has 0 heterocycles. The molecule has 3 aromatic carbocycles. The van der Waals surface area contributed by atoms with Gasteiger partial charge in [-0.1, -0.05) is 125 Å². The molecule has 0 radical (unpaired) electrons. The van der Waals surface area contributed by atoms with E-state index in [1.54, 1.807) is 6.08 Å². The molecule has 5 heteroatoms. The summed E-state index contributed by atoms with van der Waals surface area (Å²) in [5, 5.41) is 11.6. The summed E-state index contributed by atoms with van der Waals surface area (Å²) in [6.45, 7) is 9.85. The van der Waals surface area contributed by atoms with Gasteiger partial charge < -0.3 is 9.16 Å². The van der Waals surface area contributed by atoms with Crippen molar-refractivity contribution < 1.29 is 14.0 Å². The number of carbonyl (C=O) groups excluding carboxylic acids is 1. The molecule has 3 aromatic rings. The molecule has 0 amide bonds. The van der Waals surface area contributed by atoms with Crippen molar-refractivity contribution in [3.05, 3.63) is 109 Å². The molecule has 0 N–H and O–H groups in total. The standard InChI is InChI=1S/C35H43NO3Si/c1-29(25-26-36)34(38-28-30-16-8-5-9-17-30)24-23-31(37)18-14-15-27-39-40(35(2,3)4,32-19-10-6-11-20-32)33-21-12-7-13-22-33/h5-13,16-17,19-24,29,34H,14-15,18,25,27-28H2,1-4H3/b24-23+/t29-,34-/m0/s1. The SMILES string of the molecule is C[C@@H](CC#N)[C@H](/C=C/C(=O)CCCCO[Si](c1ccccc1)(c1ccccc1)C(C)(C)C)OCc1ccccc1. The van der Waals surface area contributed by atoms with Crippen molar-refractivity contribution in [1.29, 1.82) is 5.26 Å². The van der Waals surface area contributed by atoms with E-state index in [9.17, 15) is 4.79 Å². The van der Waals surface area contributed by atoms with Crippen LogP contribution in [0.25, 0.3) is 0 Å². The summed E-state index contributed by atoms with van der Waals surface area (Å²) in [5.74, 6) is 0.0699. The topological polar surface area (TPSA) is 59.3 Å². The Labute approximate surface area is 241 Å². The molecule has 0 unspecified atom stereocenters. The number of allylic oxidation sites excluding steroid dienone is 1. The largest absolute Gasteiger partial charge is 0.407 e. The number of carbonyl (C=O) groups is 1. The normalized spacial score (nSPS) is 13.6. The minimum atomic E-state index is -2.56. The molecular formula is C35H43NO3Si. The fourth-order valence-electron chi connectivity index (χ4n) is 5.11. The first-order valence-electron chi connectivity index (χ1n) is 14.3. The number of ketones is 1. The number of benzene rings is 3. The first-order chi connectivity index (χ1) is 19.3. The number of rotatable bonds is 15. The molecule has 0 aliphatic heterocycles. The third kappa shape index (κ3) is 8.60. The van der Waals surface area contributed by atoms with Gasteiger partial charge in [0.05, 0.1) is 18.8 Å². The lowest BCUT2D eigenvalue weighted by atomic mass is 10.00. The fourth-order valence-corrected chi connectivity index (χ4v) is 9.72. The van der Waals surface area contributed by atoms with Gasteiger partial charge in [-0.25, -0.2) is 0 Å². The van der Waals surface area contributed by atoms with Gasteiger partial charge in [-0.3, -0.25) is 4.79 Å². The van der Waals surface area contributed by atoms with E-state index < -0.39 is 8.32 Å². The Hall–Kier alpha value is -3.30. The molecule has 0 saturated heterocycles. The highest BCUT2D eigenvalue weighted by molar-refractivity contribution is 6.99. The van der Waals surface area contributed by atoms with Crippen LogP contribution in [0.4, 0.5) is 0 Å². The predicted octanol–water partition coefficient (Wildman–Crippen LogP) is 6.99. The number of ether oxygens (including phenoxy) is 1. The molecule has 0 spiro atoms. The Morgan fingerprint density at radius 3 is 1.98 bits per heavy atom. The first kappa shape index (κ1) is 31.2. The number of nitriles is 1. The lowest BCUT2D eigenvalue weighted by molar-refractivity contribution is -0.114. The average Bonchev–Trinajstić information content (AvgIpc) is 2.96. The highest BCUT2D eigenvalue weighted by atomic mass is 28.4. The van der Waals surface area contributed by atoms with Crippen molar-refractivity contribution in [2.45, 2.75) is 71.1 Å². The summed E-state index contributed by atoms with van der Waals surface area (Å²) in [4.78, 5) is 12.7. The van der Waals surface area contributed by atoms with Crippen LogP contribution in [0.15, 0.2) is 103 Å². The molecule has 0 saturated carbocycles. The van der Waals surface area contributed by atoms with Crippen molar-refractivity contribution in [3.8, 4) is 6.07 Å². The molecular weight excluding hydrogens is 510 g/mol. The molecule has 0 bridgehead atoms. The van der Waals surface area contributed by atoms with Crippen LogP contribution in [0.2, 0.25) is 5.04 Å². The number of unbranched alkanes of at least 4 members (excludes halogenated alkanes) is 1. The zero-order valence-electron chi connectivity index (χ0n) is 24.4. The maximum atomic E-state index is 12.7. The van der Waals surface area contributed by atoms with E-state index in [0.717, 1.165) is 18.4 Å². The van der Waals surface area contributed by atoms with Crippen LogP contribution in [0, 0.1) is 17.2 Å². The molecule has 0 fully saturated rings. The summed E-state index contributed by atoms with van der Waals surface area (Å²) in [5.41, 5.74) is 1.07. The lowest BCUT2D eigenvalue weighted by Gasteiger charge is -2.43. The van der Waals surface area contributed by atoms with Gasteiger partial charge in [-0.15, -0.1) is 0 Å². The molecule has 40 heavy (non-hydrogen) atoms. The Balaban J connectivity index is 1.59. The van der Waals surface area contributed by atoms with E-state index >= 15 is 0 Å². The average molecular weight is 554 g/mol. The van der Waals surface area contributed by atoms with Gasteiger partial charge in [0.15, 0.2) is 5.78 Å². The smallest absolute Gasteiger partial charge is 0.261 e. The van der Waals surface area contributed by atoms with Crippen molar-refractivity contribution in [2.75, 3.05) is 6.61 Å². The number of hydrogen-bond acceptors (Lipinski definition) is 4. The summed E-state index contributed by atoms with van der Waals surface area (Å²) in [6, 6.07) is 33.4. The molecule has 0 aliphatic carbocycles. The van der Waals surface area contributed by atoms with E-state index in [0.29, 0.717) is 26.1 Å². The van der Waals surface area contributed by atoms with Crippen molar-refractivity contribution in [1.82, 2.24) is 0 Å². The van der Waals surface area contributed by atoms with Gasteiger partial charge in [0, 0.05) is 19.4 Å². The minimum absolute atomic E-state index is 0.00221. The zero-order valence-corrected chi connectivity index (χ0v) is 25.4. The van der Waals surface area contributed by atoms with E-state index in [-0.39, 0.29) is 22.8 Å². The minimum Gasteiger partial charge on any atom is -0.407 e. The summed E-state index contributed by atoms with van der Waals surface area (Å²) < 4.78 is 13.0. The fraction of sp³-hybridized carbons (Fsp3) is 0.371. The third-order valence-corrected chi connectivity index (χ3v) is 12.3. The lowest BCUT2D eigenvalue weighted by Crippen LogP contribution is -2.66. The van der Waals surface area contributed by atoms with Crippen LogP contribution in [0.3, 0.4) is 0 Å². The molecule has 210 valence electrons. The van der Waals surface area contributed by atoms with E-state index in [1.807, 2.05) is 55.5 Å². The number of hydrogen-bond donors (Lipinski definition) is 0. The van der Waals surface area contributed by atoms with Gasteiger partial charge in [0.25, 0.3) is 8.32 Å². The predicted molar refractivity (Wildman–Crippen MR) is 166 cm³/mol. The highest BCUT2D eigenvalue weighted by Gasteiger charge is 2.49. The Morgan fingerprint density at radius 2 is 1.45 bits per heavy atom. The molecule has 4 nitrogen and oxygen atoms in total.